The largest absolute Gasteiger partial charge is 0.573 e. The number of benzene rings is 1. The molecule has 21 heavy (non-hydrogen) atoms. The van der Waals surface area contributed by atoms with Crippen LogP contribution in [0.15, 0.2) is 24.3 Å². The van der Waals surface area contributed by atoms with Crippen molar-refractivity contribution in [3.05, 3.63) is 24.3 Å². The Morgan fingerprint density at radius 3 is 2.29 bits per heavy atom. The highest BCUT2D eigenvalue weighted by molar-refractivity contribution is 5.93. The summed E-state index contributed by atoms with van der Waals surface area (Å²) < 4.78 is 75.6. The molecule has 0 saturated heterocycles. The molecule has 4 nitrogen and oxygen atoms in total. The highest BCUT2D eigenvalue weighted by atomic mass is 19.4. The summed E-state index contributed by atoms with van der Waals surface area (Å²) in [6, 6.07) is 4.68. The Hall–Kier alpha value is -1.97. The van der Waals surface area contributed by atoms with Crippen molar-refractivity contribution in [1.82, 2.24) is 5.32 Å². The first-order chi connectivity index (χ1) is 9.57. The minimum atomic E-state index is -4.95. The van der Waals surface area contributed by atoms with Gasteiger partial charge in [0, 0.05) is 0 Å². The van der Waals surface area contributed by atoms with Gasteiger partial charge in [-0.05, 0) is 12.1 Å². The van der Waals surface area contributed by atoms with E-state index in [0.29, 0.717) is 0 Å². The summed E-state index contributed by atoms with van der Waals surface area (Å²) in [6.45, 7) is -2.10. The number of halogens is 6. The lowest BCUT2D eigenvalue weighted by molar-refractivity contribution is -0.274. The van der Waals surface area contributed by atoms with Gasteiger partial charge in [0.2, 0.25) is 5.91 Å². The van der Waals surface area contributed by atoms with Crippen LogP contribution in [0.1, 0.15) is 0 Å². The van der Waals surface area contributed by atoms with E-state index in [4.69, 9.17) is 0 Å². The Morgan fingerprint density at radius 1 is 1.10 bits per heavy atom. The van der Waals surface area contributed by atoms with E-state index in [1.165, 1.54) is 12.1 Å². The summed E-state index contributed by atoms with van der Waals surface area (Å²) in [5.74, 6) is -1.59. The second kappa shape index (κ2) is 6.66. The van der Waals surface area contributed by atoms with Crippen LogP contribution in [-0.4, -0.2) is 31.5 Å². The lowest BCUT2D eigenvalue weighted by Gasteiger charge is -2.14. The molecule has 0 aliphatic carbocycles. The fourth-order valence-corrected chi connectivity index (χ4v) is 1.30. The molecular formula is C11H10F6N2O2. The van der Waals surface area contributed by atoms with Gasteiger partial charge in [-0.25, -0.2) is 0 Å². The van der Waals surface area contributed by atoms with Crippen molar-refractivity contribution in [2.24, 2.45) is 0 Å². The molecule has 0 radical (unpaired) electrons. The maximum Gasteiger partial charge on any atom is 0.573 e. The topological polar surface area (TPSA) is 50.4 Å². The molecule has 0 bridgehead atoms. The number of carbonyl (C=O) groups excluding carboxylic acids is 1. The van der Waals surface area contributed by atoms with Crippen LogP contribution >= 0.6 is 0 Å². The number of nitrogens with one attached hydrogen (secondary N) is 2. The normalized spacial score (nSPS) is 12.1. The van der Waals surface area contributed by atoms with Crippen molar-refractivity contribution in [1.29, 1.82) is 0 Å². The Kier molecular flexibility index (Phi) is 5.41. The third kappa shape index (κ3) is 7.40. The number of hydrogen-bond acceptors (Lipinski definition) is 3. The number of ether oxygens (including phenoxy) is 1. The first kappa shape index (κ1) is 17.1. The Bertz CT molecular complexity index is 486. The van der Waals surface area contributed by atoms with E-state index in [-0.39, 0.29) is 5.69 Å². The maximum atomic E-state index is 12.1. The van der Waals surface area contributed by atoms with E-state index < -0.39 is 37.3 Å². The minimum Gasteiger partial charge on any atom is -0.404 e. The van der Waals surface area contributed by atoms with Gasteiger partial charge in [0.1, 0.15) is 0 Å². The number of para-hydroxylation sites is 2. The standard InChI is InChI=1S/C11H10F6N2O2/c12-10(13,14)6-18-5-9(20)19-7-3-1-2-4-8(7)21-11(15,16)17/h1-4,18H,5-6H2,(H,19,20). The monoisotopic (exact) mass is 316 g/mol. The van der Waals surface area contributed by atoms with Gasteiger partial charge < -0.3 is 15.4 Å². The zero-order valence-corrected chi connectivity index (χ0v) is 10.3. The summed E-state index contributed by atoms with van der Waals surface area (Å²) in [4.78, 5) is 11.3. The Balaban J connectivity index is 2.60. The molecule has 1 amide bonds. The zero-order chi connectivity index (χ0) is 16.1. The quantitative estimate of drug-likeness (QED) is 0.821. The first-order valence-corrected chi connectivity index (χ1v) is 5.49. The van der Waals surface area contributed by atoms with E-state index in [2.05, 4.69) is 4.74 Å². The average molecular weight is 316 g/mol. The van der Waals surface area contributed by atoms with Gasteiger partial charge in [-0.2, -0.15) is 13.2 Å². The van der Waals surface area contributed by atoms with Crippen molar-refractivity contribution in [3.8, 4) is 5.75 Å². The fourth-order valence-electron chi connectivity index (χ4n) is 1.30. The van der Waals surface area contributed by atoms with Crippen molar-refractivity contribution in [2.75, 3.05) is 18.4 Å². The molecular weight excluding hydrogens is 306 g/mol. The molecule has 0 aliphatic heterocycles. The molecule has 0 atom stereocenters. The molecule has 1 aromatic rings. The molecule has 1 rings (SSSR count). The second-order valence-electron chi connectivity index (χ2n) is 3.81. The molecule has 118 valence electrons. The van der Waals surface area contributed by atoms with Crippen LogP contribution in [0.4, 0.5) is 32.0 Å². The third-order valence-corrected chi connectivity index (χ3v) is 2.00. The summed E-state index contributed by atoms with van der Waals surface area (Å²) in [7, 11) is 0. The third-order valence-electron chi connectivity index (χ3n) is 2.00. The summed E-state index contributed by atoms with van der Waals surface area (Å²) in [5, 5.41) is 3.84. The van der Waals surface area contributed by atoms with Crippen molar-refractivity contribution in [3.63, 3.8) is 0 Å². The van der Waals surface area contributed by atoms with Gasteiger partial charge in [-0.1, -0.05) is 12.1 Å². The van der Waals surface area contributed by atoms with Crippen LogP contribution in [0.25, 0.3) is 0 Å². The summed E-state index contributed by atoms with van der Waals surface area (Å²) in [5.41, 5.74) is -0.298. The lowest BCUT2D eigenvalue weighted by Crippen LogP contribution is -2.35. The van der Waals surface area contributed by atoms with Crippen LogP contribution in [0.3, 0.4) is 0 Å². The first-order valence-electron chi connectivity index (χ1n) is 5.49. The maximum absolute atomic E-state index is 12.1. The number of alkyl halides is 6. The number of carbonyl (C=O) groups is 1. The summed E-state index contributed by atoms with van der Waals surface area (Å²) in [6.07, 6.45) is -9.44. The van der Waals surface area contributed by atoms with Crippen LogP contribution in [0.2, 0.25) is 0 Å². The van der Waals surface area contributed by atoms with E-state index in [1.807, 2.05) is 10.6 Å². The highest BCUT2D eigenvalue weighted by Gasteiger charge is 2.32. The highest BCUT2D eigenvalue weighted by Crippen LogP contribution is 2.29. The van der Waals surface area contributed by atoms with E-state index in [0.717, 1.165) is 12.1 Å². The van der Waals surface area contributed by atoms with Crippen LogP contribution in [0.5, 0.6) is 5.75 Å². The van der Waals surface area contributed by atoms with Gasteiger partial charge in [-0.3, -0.25) is 4.79 Å². The van der Waals surface area contributed by atoms with Gasteiger partial charge in [0.25, 0.3) is 0 Å². The average Bonchev–Trinajstić information content (AvgIpc) is 2.28. The van der Waals surface area contributed by atoms with Crippen molar-refractivity contribution in [2.45, 2.75) is 12.5 Å². The SMILES string of the molecule is O=C(CNCC(F)(F)F)Nc1ccccc1OC(F)(F)F. The van der Waals surface area contributed by atoms with E-state index in [9.17, 15) is 31.1 Å². The number of hydrogen-bond donors (Lipinski definition) is 2. The molecule has 0 heterocycles. The van der Waals surface area contributed by atoms with Gasteiger partial charge >= 0.3 is 12.5 Å². The minimum absolute atomic E-state index is 0.298. The van der Waals surface area contributed by atoms with E-state index >= 15 is 0 Å². The molecule has 0 spiro atoms. The van der Waals surface area contributed by atoms with E-state index in [1.54, 1.807) is 0 Å². The van der Waals surface area contributed by atoms with Crippen LogP contribution in [-0.2, 0) is 4.79 Å². The van der Waals surface area contributed by atoms with Crippen LogP contribution < -0.4 is 15.4 Å². The van der Waals surface area contributed by atoms with Crippen molar-refractivity contribution >= 4 is 11.6 Å². The zero-order valence-electron chi connectivity index (χ0n) is 10.3. The molecule has 0 saturated carbocycles. The van der Waals surface area contributed by atoms with Gasteiger partial charge in [0.05, 0.1) is 18.8 Å². The Labute approximate surface area is 115 Å². The molecule has 0 aliphatic rings. The van der Waals surface area contributed by atoms with Gasteiger partial charge in [0.15, 0.2) is 5.75 Å². The predicted octanol–water partition coefficient (Wildman–Crippen LogP) is 2.68. The number of rotatable bonds is 5. The predicted molar refractivity (Wildman–Crippen MR) is 60.7 cm³/mol. The molecule has 2 N–H and O–H groups in total. The van der Waals surface area contributed by atoms with Gasteiger partial charge in [-0.15, -0.1) is 13.2 Å². The molecule has 0 aromatic heterocycles. The lowest BCUT2D eigenvalue weighted by atomic mass is 10.3. The number of anilines is 1. The van der Waals surface area contributed by atoms with Crippen LogP contribution in [0, 0.1) is 0 Å². The smallest absolute Gasteiger partial charge is 0.404 e. The Morgan fingerprint density at radius 2 is 1.71 bits per heavy atom. The molecule has 10 heteroatoms. The molecule has 1 aromatic carbocycles. The second-order valence-corrected chi connectivity index (χ2v) is 3.81. The molecule has 0 fully saturated rings. The van der Waals surface area contributed by atoms with Crippen molar-refractivity contribution < 1.29 is 35.9 Å². The number of amides is 1. The fraction of sp³-hybridized carbons (Fsp3) is 0.364. The summed E-state index contributed by atoms with van der Waals surface area (Å²) >= 11 is 0. The molecule has 0 unspecified atom stereocenters.